The van der Waals surface area contributed by atoms with Gasteiger partial charge < -0.3 is 19.9 Å². The number of nitrogens with zero attached hydrogens (tertiary/aromatic N) is 2. The Bertz CT molecular complexity index is 722. The van der Waals surface area contributed by atoms with E-state index < -0.39 is 5.41 Å². The summed E-state index contributed by atoms with van der Waals surface area (Å²) in [6.45, 7) is 3.68. The number of likely N-dealkylation sites (tertiary alicyclic amines) is 2. The third kappa shape index (κ3) is 3.55. The monoisotopic (exact) mass is 389 g/mol. The Morgan fingerprint density at radius 1 is 1.22 bits per heavy atom. The molecular weight excluding hydrogens is 362 g/mol. The number of urea groups is 1. The normalized spacial score (nSPS) is 27.5. The molecule has 0 saturated carbocycles. The van der Waals surface area contributed by atoms with Crippen LogP contribution in [0.1, 0.15) is 19.3 Å². The second-order valence-electron chi connectivity index (χ2n) is 7.76. The summed E-state index contributed by atoms with van der Waals surface area (Å²) in [4.78, 5) is 31.0. The minimum absolute atomic E-state index is 0.0928. The Labute approximate surface area is 164 Å². The first-order valence-corrected chi connectivity index (χ1v) is 10.9. The van der Waals surface area contributed by atoms with E-state index in [0.717, 1.165) is 36.5 Å². The molecule has 27 heavy (non-hydrogen) atoms. The first-order chi connectivity index (χ1) is 13.1. The summed E-state index contributed by atoms with van der Waals surface area (Å²) >= 11 is 1.64. The van der Waals surface area contributed by atoms with Crippen LogP contribution in [-0.2, 0) is 9.53 Å². The highest BCUT2D eigenvalue weighted by Gasteiger charge is 2.58. The number of fused-ring (bicyclic) bond motifs is 1. The highest BCUT2D eigenvalue weighted by atomic mass is 32.2. The molecule has 0 aromatic heterocycles. The molecule has 0 unspecified atom stereocenters. The summed E-state index contributed by atoms with van der Waals surface area (Å²) in [5.74, 6) is 0.277. The van der Waals surface area contributed by atoms with Crippen molar-refractivity contribution < 1.29 is 14.3 Å². The Hall–Kier alpha value is -1.73. The summed E-state index contributed by atoms with van der Waals surface area (Å²) in [7, 11) is 0. The summed E-state index contributed by atoms with van der Waals surface area (Å²) in [5.41, 5.74) is 0.229. The third-order valence-corrected chi connectivity index (χ3v) is 6.78. The summed E-state index contributed by atoms with van der Waals surface area (Å²) in [6.07, 6.45) is 5.35. The van der Waals surface area contributed by atoms with Gasteiger partial charge in [0.2, 0.25) is 5.91 Å². The van der Waals surface area contributed by atoms with E-state index in [4.69, 9.17) is 4.74 Å². The number of thioether (sulfide) groups is 1. The molecule has 3 amide bonds. The summed E-state index contributed by atoms with van der Waals surface area (Å²) in [6, 6.07) is 7.69. The molecule has 3 saturated heterocycles. The maximum atomic E-state index is 13.3. The second kappa shape index (κ2) is 7.72. The van der Waals surface area contributed by atoms with Gasteiger partial charge in [0.1, 0.15) is 0 Å². The first kappa shape index (κ1) is 18.6. The van der Waals surface area contributed by atoms with Crippen molar-refractivity contribution in [2.24, 2.45) is 11.3 Å². The number of benzene rings is 1. The second-order valence-corrected chi connectivity index (χ2v) is 8.64. The van der Waals surface area contributed by atoms with Crippen molar-refractivity contribution in [3.05, 3.63) is 24.3 Å². The molecule has 0 aliphatic carbocycles. The summed E-state index contributed by atoms with van der Waals surface area (Å²) < 4.78 is 5.69. The van der Waals surface area contributed by atoms with Gasteiger partial charge in [0, 0.05) is 42.7 Å². The standard InChI is InChI=1S/C20H27N3O3S/c1-27-17-7-5-6-16(10-17)21-19(25)23-11-15-12-26-14-20(15,13-23)18(24)22-8-3-2-4-9-22/h5-7,10,15H,2-4,8-9,11-14H2,1H3,(H,21,25)/t15-,20-/m1/s1. The largest absolute Gasteiger partial charge is 0.380 e. The number of anilines is 1. The van der Waals surface area contributed by atoms with Gasteiger partial charge in [0.25, 0.3) is 0 Å². The lowest BCUT2D eigenvalue weighted by Gasteiger charge is -2.35. The van der Waals surface area contributed by atoms with Crippen LogP contribution < -0.4 is 5.32 Å². The number of rotatable bonds is 3. The zero-order valence-electron chi connectivity index (χ0n) is 15.8. The van der Waals surface area contributed by atoms with Gasteiger partial charge in [-0.1, -0.05) is 6.07 Å². The zero-order valence-corrected chi connectivity index (χ0v) is 16.6. The van der Waals surface area contributed by atoms with Crippen molar-refractivity contribution in [1.29, 1.82) is 0 Å². The minimum Gasteiger partial charge on any atom is -0.380 e. The number of carbonyl (C=O) groups is 2. The first-order valence-electron chi connectivity index (χ1n) is 9.69. The molecule has 0 spiro atoms. The van der Waals surface area contributed by atoms with E-state index in [2.05, 4.69) is 5.32 Å². The van der Waals surface area contributed by atoms with Gasteiger partial charge in [0.05, 0.1) is 18.6 Å². The molecule has 3 aliphatic heterocycles. The average molecular weight is 390 g/mol. The molecule has 7 heteroatoms. The maximum absolute atomic E-state index is 13.3. The predicted octanol–water partition coefficient (Wildman–Crippen LogP) is 2.90. The van der Waals surface area contributed by atoms with E-state index in [0.29, 0.717) is 26.3 Å². The van der Waals surface area contributed by atoms with Crippen molar-refractivity contribution >= 4 is 29.4 Å². The van der Waals surface area contributed by atoms with Crippen LogP contribution in [0.4, 0.5) is 10.5 Å². The van der Waals surface area contributed by atoms with Gasteiger partial charge in [-0.3, -0.25) is 4.79 Å². The van der Waals surface area contributed by atoms with Crippen LogP contribution >= 0.6 is 11.8 Å². The molecule has 4 rings (SSSR count). The van der Waals surface area contributed by atoms with E-state index in [9.17, 15) is 9.59 Å². The van der Waals surface area contributed by atoms with Crippen LogP contribution in [0, 0.1) is 11.3 Å². The van der Waals surface area contributed by atoms with Crippen LogP contribution in [0.2, 0.25) is 0 Å². The quantitative estimate of drug-likeness (QED) is 0.808. The minimum atomic E-state index is -0.560. The lowest BCUT2D eigenvalue weighted by Crippen LogP contribution is -2.50. The van der Waals surface area contributed by atoms with Gasteiger partial charge in [0.15, 0.2) is 0 Å². The summed E-state index contributed by atoms with van der Waals surface area (Å²) in [5, 5.41) is 2.99. The van der Waals surface area contributed by atoms with Gasteiger partial charge in [-0.2, -0.15) is 0 Å². The number of hydrogen-bond donors (Lipinski definition) is 1. The SMILES string of the molecule is CSc1cccc(NC(=O)N2C[C@@H]3COC[C@]3(C(=O)N3CCCCC3)C2)c1. The molecule has 1 aromatic rings. The fourth-order valence-electron chi connectivity index (χ4n) is 4.51. The molecule has 0 radical (unpaired) electrons. The van der Waals surface area contributed by atoms with Gasteiger partial charge >= 0.3 is 6.03 Å². The van der Waals surface area contributed by atoms with E-state index in [-0.39, 0.29) is 17.9 Å². The van der Waals surface area contributed by atoms with Gasteiger partial charge in [-0.25, -0.2) is 4.79 Å². The molecule has 3 heterocycles. The topological polar surface area (TPSA) is 61.9 Å². The molecule has 3 aliphatic rings. The van der Waals surface area contributed by atoms with Gasteiger partial charge in [-0.15, -0.1) is 11.8 Å². The Balaban J connectivity index is 1.46. The molecule has 3 fully saturated rings. The number of nitrogens with one attached hydrogen (secondary N) is 1. The Morgan fingerprint density at radius 2 is 2.04 bits per heavy atom. The van der Waals surface area contributed by atoms with Crippen molar-refractivity contribution in [3.63, 3.8) is 0 Å². The molecule has 1 aromatic carbocycles. The molecular formula is C20H27N3O3S. The predicted molar refractivity (Wildman–Crippen MR) is 106 cm³/mol. The smallest absolute Gasteiger partial charge is 0.321 e. The highest BCUT2D eigenvalue weighted by Crippen LogP contribution is 2.43. The van der Waals surface area contributed by atoms with Crippen LogP contribution in [-0.4, -0.2) is 67.4 Å². The lowest BCUT2D eigenvalue weighted by atomic mass is 9.79. The van der Waals surface area contributed by atoms with Crippen LogP contribution in [0.5, 0.6) is 0 Å². The zero-order chi connectivity index (χ0) is 18.9. The van der Waals surface area contributed by atoms with E-state index in [1.165, 1.54) is 6.42 Å². The van der Waals surface area contributed by atoms with E-state index >= 15 is 0 Å². The van der Waals surface area contributed by atoms with Crippen molar-refractivity contribution in [2.75, 3.05) is 51.0 Å². The van der Waals surface area contributed by atoms with Crippen molar-refractivity contribution in [2.45, 2.75) is 24.2 Å². The molecule has 0 bridgehead atoms. The Morgan fingerprint density at radius 3 is 2.81 bits per heavy atom. The number of piperidine rings is 1. The van der Waals surface area contributed by atoms with Crippen LogP contribution in [0.3, 0.4) is 0 Å². The number of hydrogen-bond acceptors (Lipinski definition) is 4. The third-order valence-electron chi connectivity index (χ3n) is 6.05. The fraction of sp³-hybridized carbons (Fsp3) is 0.600. The fourth-order valence-corrected chi connectivity index (χ4v) is 4.97. The van der Waals surface area contributed by atoms with Crippen molar-refractivity contribution in [1.82, 2.24) is 9.80 Å². The average Bonchev–Trinajstić information content (AvgIpc) is 3.26. The molecule has 2 atom stereocenters. The van der Waals surface area contributed by atoms with Crippen molar-refractivity contribution in [3.8, 4) is 0 Å². The van der Waals surface area contributed by atoms with Crippen LogP contribution in [0.15, 0.2) is 29.2 Å². The number of ether oxygens (including phenoxy) is 1. The van der Waals surface area contributed by atoms with Gasteiger partial charge in [-0.05, 0) is 43.7 Å². The van der Waals surface area contributed by atoms with E-state index in [1.54, 1.807) is 16.7 Å². The number of amides is 3. The molecule has 6 nitrogen and oxygen atoms in total. The molecule has 146 valence electrons. The lowest BCUT2D eigenvalue weighted by molar-refractivity contribution is -0.143. The highest BCUT2D eigenvalue weighted by molar-refractivity contribution is 7.98. The molecule has 1 N–H and O–H groups in total. The maximum Gasteiger partial charge on any atom is 0.321 e. The number of carbonyl (C=O) groups excluding carboxylic acids is 2. The van der Waals surface area contributed by atoms with Crippen LogP contribution in [0.25, 0.3) is 0 Å². The van der Waals surface area contributed by atoms with E-state index in [1.807, 2.05) is 35.4 Å². The Kier molecular flexibility index (Phi) is 5.32.